The van der Waals surface area contributed by atoms with E-state index in [-0.39, 0.29) is 5.97 Å². The molecule has 0 aromatic rings. The molecule has 2 aliphatic carbocycles. The summed E-state index contributed by atoms with van der Waals surface area (Å²) in [5, 5.41) is 3.22. The van der Waals surface area contributed by atoms with Gasteiger partial charge in [0.05, 0.1) is 13.2 Å². The Labute approximate surface area is 85.2 Å². The van der Waals surface area contributed by atoms with Crippen molar-refractivity contribution in [1.29, 1.82) is 0 Å². The van der Waals surface area contributed by atoms with Gasteiger partial charge in [0.15, 0.2) is 0 Å². The van der Waals surface area contributed by atoms with Gasteiger partial charge in [-0.05, 0) is 43.9 Å². The van der Waals surface area contributed by atoms with Crippen LogP contribution in [0.3, 0.4) is 0 Å². The first-order valence-electron chi connectivity index (χ1n) is 5.63. The highest BCUT2D eigenvalue weighted by Gasteiger charge is 2.53. The molecule has 3 heteroatoms. The van der Waals surface area contributed by atoms with Crippen molar-refractivity contribution in [1.82, 2.24) is 5.32 Å². The van der Waals surface area contributed by atoms with Gasteiger partial charge in [-0.2, -0.15) is 0 Å². The molecule has 0 atom stereocenters. The SMILES string of the molecule is CCOC(=O)CNCC1(C2CC2)CC1. The molecule has 0 aliphatic heterocycles. The molecule has 0 spiro atoms. The lowest BCUT2D eigenvalue weighted by Gasteiger charge is -2.14. The molecule has 0 aromatic heterocycles. The monoisotopic (exact) mass is 197 g/mol. The Morgan fingerprint density at radius 3 is 2.71 bits per heavy atom. The van der Waals surface area contributed by atoms with Gasteiger partial charge in [-0.25, -0.2) is 0 Å². The van der Waals surface area contributed by atoms with Crippen LogP contribution in [0.1, 0.15) is 32.6 Å². The van der Waals surface area contributed by atoms with Crippen LogP contribution in [0.5, 0.6) is 0 Å². The lowest BCUT2D eigenvalue weighted by Crippen LogP contribution is -2.31. The van der Waals surface area contributed by atoms with Crippen molar-refractivity contribution in [2.24, 2.45) is 11.3 Å². The van der Waals surface area contributed by atoms with Crippen LogP contribution >= 0.6 is 0 Å². The Morgan fingerprint density at radius 2 is 2.21 bits per heavy atom. The van der Waals surface area contributed by atoms with E-state index >= 15 is 0 Å². The summed E-state index contributed by atoms with van der Waals surface area (Å²) < 4.78 is 4.85. The highest BCUT2D eigenvalue weighted by molar-refractivity contribution is 5.71. The number of hydrogen-bond acceptors (Lipinski definition) is 3. The normalized spacial score (nSPS) is 23.2. The van der Waals surface area contributed by atoms with Gasteiger partial charge in [0.2, 0.25) is 0 Å². The fourth-order valence-electron chi connectivity index (χ4n) is 2.21. The zero-order chi connectivity index (χ0) is 10.0. The maximum atomic E-state index is 11.1. The lowest BCUT2D eigenvalue weighted by atomic mass is 10.0. The molecule has 2 rings (SSSR count). The Hall–Kier alpha value is -0.570. The molecule has 0 bridgehead atoms. The number of hydrogen-bond donors (Lipinski definition) is 1. The number of nitrogens with one attached hydrogen (secondary N) is 1. The minimum Gasteiger partial charge on any atom is -0.465 e. The summed E-state index contributed by atoms with van der Waals surface area (Å²) in [6.45, 7) is 3.71. The lowest BCUT2D eigenvalue weighted by molar-refractivity contribution is -0.142. The molecule has 0 amide bonds. The Balaban J connectivity index is 1.60. The first kappa shape index (κ1) is 9.97. The molecular weight excluding hydrogens is 178 g/mol. The van der Waals surface area contributed by atoms with Crippen molar-refractivity contribution in [2.45, 2.75) is 32.6 Å². The van der Waals surface area contributed by atoms with Gasteiger partial charge in [0, 0.05) is 6.54 Å². The quantitative estimate of drug-likeness (QED) is 0.653. The molecule has 3 nitrogen and oxygen atoms in total. The summed E-state index contributed by atoms with van der Waals surface area (Å²) >= 11 is 0. The van der Waals surface area contributed by atoms with E-state index in [4.69, 9.17) is 4.74 Å². The molecule has 0 heterocycles. The van der Waals surface area contributed by atoms with E-state index in [9.17, 15) is 4.79 Å². The van der Waals surface area contributed by atoms with Crippen molar-refractivity contribution in [3.05, 3.63) is 0 Å². The summed E-state index contributed by atoms with van der Waals surface area (Å²) in [7, 11) is 0. The van der Waals surface area contributed by atoms with Crippen LogP contribution in [0.25, 0.3) is 0 Å². The Bertz CT molecular complexity index is 219. The van der Waals surface area contributed by atoms with Crippen molar-refractivity contribution < 1.29 is 9.53 Å². The molecule has 2 saturated carbocycles. The van der Waals surface area contributed by atoms with E-state index in [1.807, 2.05) is 6.92 Å². The molecule has 14 heavy (non-hydrogen) atoms. The smallest absolute Gasteiger partial charge is 0.319 e. The maximum absolute atomic E-state index is 11.1. The number of rotatable bonds is 6. The van der Waals surface area contributed by atoms with Crippen molar-refractivity contribution in [3.63, 3.8) is 0 Å². The van der Waals surface area contributed by atoms with Crippen molar-refractivity contribution in [3.8, 4) is 0 Å². The van der Waals surface area contributed by atoms with Crippen molar-refractivity contribution >= 4 is 5.97 Å². The van der Waals surface area contributed by atoms with Crippen LogP contribution in [-0.2, 0) is 9.53 Å². The van der Waals surface area contributed by atoms with Gasteiger partial charge in [-0.15, -0.1) is 0 Å². The van der Waals surface area contributed by atoms with Gasteiger partial charge >= 0.3 is 5.97 Å². The van der Waals surface area contributed by atoms with Crippen LogP contribution < -0.4 is 5.32 Å². The molecule has 80 valence electrons. The summed E-state index contributed by atoms with van der Waals surface area (Å²) in [4.78, 5) is 11.1. The molecule has 2 aliphatic rings. The second-order valence-electron chi connectivity index (χ2n) is 4.55. The van der Waals surface area contributed by atoms with Gasteiger partial charge in [-0.1, -0.05) is 0 Å². The summed E-state index contributed by atoms with van der Waals surface area (Å²) in [5.74, 6) is 0.830. The first-order chi connectivity index (χ1) is 6.77. The van der Waals surface area contributed by atoms with E-state index < -0.39 is 0 Å². The van der Waals surface area contributed by atoms with E-state index in [1.54, 1.807) is 0 Å². The third-order valence-electron chi connectivity index (χ3n) is 3.39. The highest BCUT2D eigenvalue weighted by atomic mass is 16.5. The third-order valence-corrected chi connectivity index (χ3v) is 3.39. The predicted octanol–water partition coefficient (Wildman–Crippen LogP) is 1.33. The van der Waals surface area contributed by atoms with E-state index in [1.165, 1.54) is 25.7 Å². The molecular formula is C11H19NO2. The fourth-order valence-corrected chi connectivity index (χ4v) is 2.21. The number of carbonyl (C=O) groups is 1. The number of carbonyl (C=O) groups excluding carboxylic acids is 1. The summed E-state index contributed by atoms with van der Waals surface area (Å²) in [6, 6.07) is 0. The zero-order valence-corrected chi connectivity index (χ0v) is 8.84. The summed E-state index contributed by atoms with van der Waals surface area (Å²) in [5.41, 5.74) is 0.576. The van der Waals surface area contributed by atoms with Gasteiger partial charge in [0.1, 0.15) is 0 Å². The molecule has 1 N–H and O–H groups in total. The highest BCUT2D eigenvalue weighted by Crippen LogP contribution is 2.60. The van der Waals surface area contributed by atoms with Crippen LogP contribution in [0, 0.1) is 11.3 Å². The van der Waals surface area contributed by atoms with Crippen LogP contribution in [-0.4, -0.2) is 25.7 Å². The molecule has 0 unspecified atom stereocenters. The Kier molecular flexibility index (Phi) is 2.77. The average Bonchev–Trinajstić information content (AvgIpc) is 3.00. The van der Waals surface area contributed by atoms with E-state index in [0.29, 0.717) is 18.6 Å². The van der Waals surface area contributed by atoms with Crippen LogP contribution in [0.2, 0.25) is 0 Å². The second-order valence-corrected chi connectivity index (χ2v) is 4.55. The largest absolute Gasteiger partial charge is 0.465 e. The van der Waals surface area contributed by atoms with E-state index in [2.05, 4.69) is 5.32 Å². The molecule has 0 aromatic carbocycles. The van der Waals surface area contributed by atoms with Gasteiger partial charge in [-0.3, -0.25) is 4.79 Å². The molecule has 2 fully saturated rings. The predicted molar refractivity (Wildman–Crippen MR) is 53.9 cm³/mol. The average molecular weight is 197 g/mol. The number of esters is 1. The second kappa shape index (κ2) is 3.89. The van der Waals surface area contributed by atoms with Crippen molar-refractivity contribution in [2.75, 3.05) is 19.7 Å². The minimum atomic E-state index is -0.126. The van der Waals surface area contributed by atoms with Gasteiger partial charge in [0.25, 0.3) is 0 Å². The standard InChI is InChI=1S/C11H19NO2/c1-2-14-10(13)7-12-8-11(5-6-11)9-3-4-9/h9,12H,2-8H2,1H3. The molecule has 0 radical (unpaired) electrons. The van der Waals surface area contributed by atoms with Gasteiger partial charge < -0.3 is 10.1 Å². The molecule has 0 saturated heterocycles. The number of ether oxygens (including phenoxy) is 1. The Morgan fingerprint density at radius 1 is 1.50 bits per heavy atom. The topological polar surface area (TPSA) is 38.3 Å². The first-order valence-corrected chi connectivity index (χ1v) is 5.63. The maximum Gasteiger partial charge on any atom is 0.319 e. The van der Waals surface area contributed by atoms with E-state index in [0.717, 1.165) is 12.5 Å². The zero-order valence-electron chi connectivity index (χ0n) is 8.84. The third kappa shape index (κ3) is 2.27. The fraction of sp³-hybridized carbons (Fsp3) is 0.909. The van der Waals surface area contributed by atoms with Crippen LogP contribution in [0.15, 0.2) is 0 Å². The summed E-state index contributed by atoms with van der Waals surface area (Å²) in [6.07, 6.45) is 5.52. The minimum absolute atomic E-state index is 0.126. The van der Waals surface area contributed by atoms with Crippen LogP contribution in [0.4, 0.5) is 0 Å².